The molecule has 0 bridgehead atoms. The number of nitrogens with one attached hydrogen (secondary N) is 1. The van der Waals surface area contributed by atoms with Crippen LogP contribution in [0.25, 0.3) is 0 Å². The predicted octanol–water partition coefficient (Wildman–Crippen LogP) is 4.52. The van der Waals surface area contributed by atoms with Crippen molar-refractivity contribution >= 4 is 5.91 Å². The fourth-order valence-corrected chi connectivity index (χ4v) is 3.68. The van der Waals surface area contributed by atoms with E-state index in [1.807, 2.05) is 61.5 Å². The first kappa shape index (κ1) is 19.3. The van der Waals surface area contributed by atoms with Gasteiger partial charge < -0.3 is 14.5 Å². The van der Waals surface area contributed by atoms with Crippen LogP contribution in [-0.2, 0) is 17.9 Å². The Morgan fingerprint density at radius 2 is 1.93 bits per heavy atom. The molecule has 1 fully saturated rings. The maximum atomic E-state index is 12.5. The first-order valence-corrected chi connectivity index (χ1v) is 10.0. The Morgan fingerprint density at radius 3 is 2.72 bits per heavy atom. The van der Waals surface area contributed by atoms with Gasteiger partial charge in [0.2, 0.25) is 5.91 Å². The van der Waals surface area contributed by atoms with Crippen LogP contribution in [0.4, 0.5) is 0 Å². The van der Waals surface area contributed by atoms with Crippen LogP contribution in [0.5, 0.6) is 11.5 Å². The van der Waals surface area contributed by atoms with Gasteiger partial charge in [0.05, 0.1) is 12.5 Å². The van der Waals surface area contributed by atoms with Crippen LogP contribution in [0.1, 0.15) is 23.5 Å². The molecule has 1 aliphatic heterocycles. The van der Waals surface area contributed by atoms with E-state index in [1.54, 1.807) is 0 Å². The van der Waals surface area contributed by atoms with Crippen LogP contribution in [0.2, 0.25) is 0 Å². The van der Waals surface area contributed by atoms with E-state index in [1.165, 1.54) is 5.56 Å². The van der Waals surface area contributed by atoms with Crippen LogP contribution in [0, 0.1) is 12.8 Å². The molecule has 2 aromatic carbocycles. The smallest absolute Gasteiger partial charge is 0.224 e. The van der Waals surface area contributed by atoms with Gasteiger partial charge >= 0.3 is 0 Å². The van der Waals surface area contributed by atoms with Crippen molar-refractivity contribution in [3.63, 3.8) is 0 Å². The quantitative estimate of drug-likeness (QED) is 0.645. The zero-order valence-electron chi connectivity index (χ0n) is 16.6. The lowest BCUT2D eigenvalue weighted by molar-refractivity contribution is -0.124. The molecule has 0 spiro atoms. The van der Waals surface area contributed by atoms with Crippen molar-refractivity contribution in [2.45, 2.75) is 26.4 Å². The van der Waals surface area contributed by atoms with Crippen molar-refractivity contribution < 1.29 is 13.9 Å². The summed E-state index contributed by atoms with van der Waals surface area (Å²) >= 11 is 0. The number of amides is 1. The van der Waals surface area contributed by atoms with E-state index in [-0.39, 0.29) is 11.8 Å². The molecule has 1 N–H and O–H groups in total. The van der Waals surface area contributed by atoms with Gasteiger partial charge in [0.25, 0.3) is 0 Å². The van der Waals surface area contributed by atoms with Crippen LogP contribution in [-0.4, -0.2) is 23.9 Å². The Kier molecular flexibility index (Phi) is 5.96. The number of likely N-dealkylation sites (tertiary alicyclic amines) is 1. The number of ether oxygens (including phenoxy) is 1. The minimum Gasteiger partial charge on any atom is -0.465 e. The van der Waals surface area contributed by atoms with E-state index in [9.17, 15) is 4.79 Å². The number of carbonyl (C=O) groups is 1. The van der Waals surface area contributed by atoms with Crippen LogP contribution in [0.15, 0.2) is 71.1 Å². The number of para-hydroxylation sites is 1. The zero-order valence-corrected chi connectivity index (χ0v) is 16.6. The summed E-state index contributed by atoms with van der Waals surface area (Å²) < 4.78 is 11.4. The lowest BCUT2D eigenvalue weighted by Crippen LogP contribution is -2.32. The summed E-state index contributed by atoms with van der Waals surface area (Å²) in [6, 6.07) is 21.7. The fraction of sp³-hybridized carbons (Fsp3) is 0.292. The highest BCUT2D eigenvalue weighted by Crippen LogP contribution is 2.24. The molecule has 0 saturated carbocycles. The molecule has 3 aromatic rings. The molecule has 1 aliphatic rings. The molecule has 5 heteroatoms. The van der Waals surface area contributed by atoms with Crippen molar-refractivity contribution in [3.8, 4) is 11.5 Å². The van der Waals surface area contributed by atoms with Gasteiger partial charge in [-0.15, -0.1) is 0 Å². The normalized spacial score (nSPS) is 16.7. The molecular formula is C24H26N2O3. The van der Waals surface area contributed by atoms with E-state index < -0.39 is 0 Å². The molecule has 1 amide bonds. The molecular weight excluding hydrogens is 364 g/mol. The molecule has 0 radical (unpaired) electrons. The summed E-state index contributed by atoms with van der Waals surface area (Å²) in [6.45, 7) is 4.85. The minimum atomic E-state index is 0.0230. The lowest BCUT2D eigenvalue weighted by Gasteiger charge is -2.16. The summed E-state index contributed by atoms with van der Waals surface area (Å²) in [6.07, 6.45) is 0.878. The average Bonchev–Trinajstić information content (AvgIpc) is 3.36. The number of furan rings is 1. The van der Waals surface area contributed by atoms with Crippen molar-refractivity contribution in [1.29, 1.82) is 0 Å². The molecule has 1 saturated heterocycles. The van der Waals surface area contributed by atoms with Crippen LogP contribution < -0.4 is 10.1 Å². The van der Waals surface area contributed by atoms with Gasteiger partial charge in [0.1, 0.15) is 23.0 Å². The number of benzene rings is 2. The summed E-state index contributed by atoms with van der Waals surface area (Å²) in [4.78, 5) is 14.8. The van der Waals surface area contributed by atoms with Crippen molar-refractivity contribution in [1.82, 2.24) is 10.2 Å². The second-order valence-corrected chi connectivity index (χ2v) is 7.51. The third-order valence-electron chi connectivity index (χ3n) is 5.16. The summed E-state index contributed by atoms with van der Waals surface area (Å²) in [5.74, 6) is 3.43. The molecule has 1 atom stereocenters. The molecule has 1 unspecified atom stereocenters. The fourth-order valence-electron chi connectivity index (χ4n) is 3.68. The molecule has 150 valence electrons. The number of carbonyl (C=O) groups excluding carboxylic acids is 1. The second-order valence-electron chi connectivity index (χ2n) is 7.51. The molecule has 29 heavy (non-hydrogen) atoms. The molecule has 2 heterocycles. The number of hydrogen-bond donors (Lipinski definition) is 1. The van der Waals surface area contributed by atoms with Gasteiger partial charge in [0.15, 0.2) is 0 Å². The number of aryl methyl sites for hydroxylation is 1. The largest absolute Gasteiger partial charge is 0.465 e. The third kappa shape index (κ3) is 5.27. The van der Waals surface area contributed by atoms with E-state index in [4.69, 9.17) is 9.15 Å². The summed E-state index contributed by atoms with van der Waals surface area (Å²) in [5.41, 5.74) is 1.19. The summed E-state index contributed by atoms with van der Waals surface area (Å²) in [7, 11) is 0. The van der Waals surface area contributed by atoms with E-state index in [0.29, 0.717) is 6.54 Å². The maximum Gasteiger partial charge on any atom is 0.224 e. The second kappa shape index (κ2) is 8.97. The first-order valence-electron chi connectivity index (χ1n) is 10.0. The van der Waals surface area contributed by atoms with Crippen molar-refractivity contribution in [3.05, 3.63) is 83.8 Å². The van der Waals surface area contributed by atoms with Gasteiger partial charge in [-0.3, -0.25) is 9.69 Å². The standard InChI is InChI=1S/C24H26N2O3/c1-18-10-11-23(28-18)15-25-24(27)20-12-13-26(17-20)16-19-6-5-9-22(14-19)29-21-7-3-2-4-8-21/h2-11,14,20H,12-13,15-17H2,1H3,(H,25,27). The van der Waals surface area contributed by atoms with Gasteiger partial charge in [0, 0.05) is 13.1 Å². The SMILES string of the molecule is Cc1ccc(CNC(=O)C2CCN(Cc3cccc(Oc4ccccc4)c3)C2)o1. The lowest BCUT2D eigenvalue weighted by atomic mass is 10.1. The monoisotopic (exact) mass is 390 g/mol. The highest BCUT2D eigenvalue weighted by atomic mass is 16.5. The molecule has 5 nitrogen and oxygen atoms in total. The first-order chi connectivity index (χ1) is 14.2. The number of hydrogen-bond acceptors (Lipinski definition) is 4. The van der Waals surface area contributed by atoms with Gasteiger partial charge in [-0.1, -0.05) is 30.3 Å². The van der Waals surface area contributed by atoms with Crippen molar-refractivity contribution in [2.24, 2.45) is 5.92 Å². The van der Waals surface area contributed by atoms with Gasteiger partial charge in [-0.2, -0.15) is 0 Å². The van der Waals surface area contributed by atoms with E-state index in [0.717, 1.165) is 49.1 Å². The number of rotatable bonds is 7. The highest BCUT2D eigenvalue weighted by Gasteiger charge is 2.28. The Balaban J connectivity index is 1.28. The third-order valence-corrected chi connectivity index (χ3v) is 5.16. The Bertz CT molecular complexity index is 952. The van der Waals surface area contributed by atoms with Gasteiger partial charge in [-0.05, 0) is 61.9 Å². The molecule has 1 aromatic heterocycles. The van der Waals surface area contributed by atoms with E-state index in [2.05, 4.69) is 22.3 Å². The Hall–Kier alpha value is -3.05. The topological polar surface area (TPSA) is 54.7 Å². The van der Waals surface area contributed by atoms with Crippen LogP contribution in [0.3, 0.4) is 0 Å². The summed E-state index contributed by atoms with van der Waals surface area (Å²) in [5, 5.41) is 3.00. The van der Waals surface area contributed by atoms with Crippen molar-refractivity contribution in [2.75, 3.05) is 13.1 Å². The zero-order chi connectivity index (χ0) is 20.1. The maximum absolute atomic E-state index is 12.5. The molecule has 0 aliphatic carbocycles. The molecule has 4 rings (SSSR count). The Labute approximate surface area is 171 Å². The van der Waals surface area contributed by atoms with Crippen LogP contribution >= 0.6 is 0 Å². The predicted molar refractivity (Wildman–Crippen MR) is 112 cm³/mol. The number of nitrogens with zero attached hydrogens (tertiary/aromatic N) is 1. The minimum absolute atomic E-state index is 0.0230. The van der Waals surface area contributed by atoms with Gasteiger partial charge in [-0.25, -0.2) is 0 Å². The highest BCUT2D eigenvalue weighted by molar-refractivity contribution is 5.79. The van der Waals surface area contributed by atoms with E-state index >= 15 is 0 Å². The Morgan fingerprint density at radius 1 is 1.10 bits per heavy atom. The average molecular weight is 390 g/mol.